The van der Waals surface area contributed by atoms with Crippen LogP contribution in [-0.4, -0.2) is 24.2 Å². The molecule has 4 nitrogen and oxygen atoms in total. The molecular weight excluding hydrogens is 261 g/mol. The number of esters is 1. The van der Waals surface area contributed by atoms with Gasteiger partial charge in [-0.3, -0.25) is 4.79 Å². The average molecular weight is 274 g/mol. The van der Waals surface area contributed by atoms with Gasteiger partial charge in [-0.2, -0.15) is 4.39 Å². The average Bonchev–Trinajstić information content (AvgIpc) is 3.08. The van der Waals surface area contributed by atoms with Gasteiger partial charge in [-0.1, -0.05) is 11.6 Å². The number of carbonyl (C=O) groups excluding carboxylic acids is 1. The van der Waals surface area contributed by atoms with Crippen molar-refractivity contribution in [3.8, 4) is 5.75 Å². The minimum Gasteiger partial charge on any atom is -0.490 e. The van der Waals surface area contributed by atoms with Crippen molar-refractivity contribution >= 4 is 17.6 Å². The van der Waals surface area contributed by atoms with E-state index in [1.165, 1.54) is 6.20 Å². The first-order chi connectivity index (χ1) is 8.61. The molecule has 6 heteroatoms. The highest BCUT2D eigenvalue weighted by atomic mass is 35.5. The Bertz CT molecular complexity index is 455. The lowest BCUT2D eigenvalue weighted by Crippen LogP contribution is -2.10. The predicted octanol–water partition coefficient (Wildman–Crippen LogP) is 2.45. The number of nitrogens with zero attached hydrogens (tertiary/aromatic N) is 1. The number of hydrogen-bond acceptors (Lipinski definition) is 4. The fourth-order valence-corrected chi connectivity index (χ4v) is 1.86. The van der Waals surface area contributed by atoms with Gasteiger partial charge >= 0.3 is 5.97 Å². The molecule has 0 radical (unpaired) electrons. The van der Waals surface area contributed by atoms with Gasteiger partial charge in [0, 0.05) is 12.0 Å². The van der Waals surface area contributed by atoms with Crippen LogP contribution in [0, 0.1) is 17.8 Å². The molecule has 0 N–H and O–H groups in total. The van der Waals surface area contributed by atoms with Gasteiger partial charge in [0.15, 0.2) is 5.75 Å². The van der Waals surface area contributed by atoms with E-state index in [1.807, 2.05) is 0 Å². The number of carbonyl (C=O) groups is 1. The van der Waals surface area contributed by atoms with Gasteiger partial charge in [0.2, 0.25) is 5.95 Å². The van der Waals surface area contributed by atoms with E-state index in [4.69, 9.17) is 21.1 Å². The van der Waals surface area contributed by atoms with E-state index in [-0.39, 0.29) is 22.8 Å². The summed E-state index contributed by atoms with van der Waals surface area (Å²) >= 11 is 5.79. The second-order valence-electron chi connectivity index (χ2n) is 4.10. The van der Waals surface area contributed by atoms with Gasteiger partial charge in [0.05, 0.1) is 30.4 Å². The zero-order valence-corrected chi connectivity index (χ0v) is 10.6. The summed E-state index contributed by atoms with van der Waals surface area (Å²) in [6.07, 6.45) is 1.99. The molecule has 1 saturated carbocycles. The first-order valence-electron chi connectivity index (χ1n) is 5.72. The second-order valence-corrected chi connectivity index (χ2v) is 4.51. The van der Waals surface area contributed by atoms with Crippen LogP contribution in [0.5, 0.6) is 5.75 Å². The Kier molecular flexibility index (Phi) is 4.01. The van der Waals surface area contributed by atoms with Crippen LogP contribution in [0.1, 0.15) is 13.3 Å². The van der Waals surface area contributed by atoms with E-state index in [9.17, 15) is 9.18 Å². The van der Waals surface area contributed by atoms with Gasteiger partial charge in [0.1, 0.15) is 0 Å². The lowest BCUT2D eigenvalue weighted by molar-refractivity contribution is -0.145. The third-order valence-electron chi connectivity index (χ3n) is 2.75. The lowest BCUT2D eigenvalue weighted by atomic mass is 10.3. The van der Waals surface area contributed by atoms with Crippen molar-refractivity contribution < 1.29 is 18.7 Å². The molecule has 0 aliphatic heterocycles. The van der Waals surface area contributed by atoms with Crippen LogP contribution in [0.3, 0.4) is 0 Å². The molecule has 0 unspecified atom stereocenters. The maximum absolute atomic E-state index is 12.7. The molecule has 2 rings (SSSR count). The molecule has 98 valence electrons. The van der Waals surface area contributed by atoms with Gasteiger partial charge in [-0.25, -0.2) is 4.98 Å². The van der Waals surface area contributed by atoms with Crippen molar-refractivity contribution in [3.05, 3.63) is 23.2 Å². The number of aromatic nitrogens is 1. The summed E-state index contributed by atoms with van der Waals surface area (Å²) in [5.74, 6) is -0.451. The van der Waals surface area contributed by atoms with Crippen LogP contribution >= 0.6 is 11.6 Å². The summed E-state index contributed by atoms with van der Waals surface area (Å²) in [5, 5.41) is 0.177. The summed E-state index contributed by atoms with van der Waals surface area (Å²) in [6, 6.07) is 1.09. The Balaban J connectivity index is 1.81. The molecule has 2 atom stereocenters. The van der Waals surface area contributed by atoms with E-state index in [0.29, 0.717) is 19.0 Å². The van der Waals surface area contributed by atoms with Crippen molar-refractivity contribution in [2.45, 2.75) is 13.3 Å². The number of rotatable bonds is 5. The molecule has 1 aromatic rings. The zero-order valence-electron chi connectivity index (χ0n) is 9.86. The summed E-state index contributed by atoms with van der Waals surface area (Å²) in [5.41, 5.74) is 0. The molecule has 0 bridgehead atoms. The SMILES string of the molecule is CCOC(=O)[C@@H]1C[C@H]1COc1cnc(F)cc1Cl. The monoisotopic (exact) mass is 273 g/mol. The highest BCUT2D eigenvalue weighted by molar-refractivity contribution is 6.31. The van der Waals surface area contributed by atoms with Crippen LogP contribution in [0.4, 0.5) is 4.39 Å². The van der Waals surface area contributed by atoms with Crippen molar-refractivity contribution in [1.82, 2.24) is 4.98 Å². The summed E-state index contributed by atoms with van der Waals surface area (Å²) in [7, 11) is 0. The Morgan fingerprint density at radius 2 is 2.44 bits per heavy atom. The van der Waals surface area contributed by atoms with Crippen LogP contribution in [0.15, 0.2) is 12.3 Å². The van der Waals surface area contributed by atoms with Gasteiger partial charge in [-0.05, 0) is 13.3 Å². The minimum absolute atomic E-state index is 0.0860. The molecule has 1 heterocycles. The molecule has 0 amide bonds. The molecule has 1 fully saturated rings. The van der Waals surface area contributed by atoms with Crippen LogP contribution in [0.25, 0.3) is 0 Å². The van der Waals surface area contributed by atoms with Crippen molar-refractivity contribution in [2.24, 2.45) is 11.8 Å². The summed E-state index contributed by atoms with van der Waals surface area (Å²) in [6.45, 7) is 2.52. The fraction of sp³-hybridized carbons (Fsp3) is 0.500. The van der Waals surface area contributed by atoms with E-state index >= 15 is 0 Å². The maximum Gasteiger partial charge on any atom is 0.309 e. The number of halogens is 2. The highest BCUT2D eigenvalue weighted by Gasteiger charge is 2.44. The Morgan fingerprint density at radius 1 is 1.67 bits per heavy atom. The predicted molar refractivity (Wildman–Crippen MR) is 62.9 cm³/mol. The van der Waals surface area contributed by atoms with E-state index in [0.717, 1.165) is 12.5 Å². The Labute approximate surface area is 109 Å². The topological polar surface area (TPSA) is 48.4 Å². The van der Waals surface area contributed by atoms with Crippen LogP contribution < -0.4 is 4.74 Å². The minimum atomic E-state index is -0.650. The molecule has 0 spiro atoms. The summed E-state index contributed by atoms with van der Waals surface area (Å²) in [4.78, 5) is 14.8. The summed E-state index contributed by atoms with van der Waals surface area (Å²) < 4.78 is 23.0. The Morgan fingerprint density at radius 3 is 3.11 bits per heavy atom. The van der Waals surface area contributed by atoms with Crippen LogP contribution in [0.2, 0.25) is 5.02 Å². The molecule has 0 aromatic carbocycles. The third kappa shape index (κ3) is 3.10. The van der Waals surface area contributed by atoms with E-state index < -0.39 is 5.95 Å². The van der Waals surface area contributed by atoms with Gasteiger partial charge in [-0.15, -0.1) is 0 Å². The van der Waals surface area contributed by atoms with E-state index in [1.54, 1.807) is 6.92 Å². The Hall–Kier alpha value is -1.36. The quantitative estimate of drug-likeness (QED) is 0.611. The molecule has 18 heavy (non-hydrogen) atoms. The lowest BCUT2D eigenvalue weighted by Gasteiger charge is -2.07. The maximum atomic E-state index is 12.7. The van der Waals surface area contributed by atoms with Crippen molar-refractivity contribution in [1.29, 1.82) is 0 Å². The normalized spacial score (nSPS) is 21.5. The van der Waals surface area contributed by atoms with Crippen molar-refractivity contribution in [2.75, 3.05) is 13.2 Å². The molecule has 1 aliphatic rings. The molecule has 1 aromatic heterocycles. The molecule has 0 saturated heterocycles. The smallest absolute Gasteiger partial charge is 0.309 e. The highest BCUT2D eigenvalue weighted by Crippen LogP contribution is 2.40. The first-order valence-corrected chi connectivity index (χ1v) is 6.10. The molecular formula is C12H13ClFNO3. The number of hydrogen-bond donors (Lipinski definition) is 0. The first kappa shape index (κ1) is 13.1. The largest absolute Gasteiger partial charge is 0.490 e. The second kappa shape index (κ2) is 5.52. The van der Waals surface area contributed by atoms with Gasteiger partial charge < -0.3 is 9.47 Å². The zero-order chi connectivity index (χ0) is 13.1. The standard InChI is InChI=1S/C12H13ClFNO3/c1-2-17-12(16)8-3-7(8)6-18-10-5-15-11(14)4-9(10)13/h4-5,7-8H,2-3,6H2,1H3/t7-,8+/m0/s1. The fourth-order valence-electron chi connectivity index (χ4n) is 1.67. The van der Waals surface area contributed by atoms with Crippen molar-refractivity contribution in [3.63, 3.8) is 0 Å². The van der Waals surface area contributed by atoms with E-state index in [2.05, 4.69) is 4.98 Å². The number of ether oxygens (including phenoxy) is 2. The van der Waals surface area contributed by atoms with Crippen LogP contribution in [-0.2, 0) is 9.53 Å². The molecule has 1 aliphatic carbocycles. The van der Waals surface area contributed by atoms with Gasteiger partial charge in [0.25, 0.3) is 0 Å². The third-order valence-corrected chi connectivity index (χ3v) is 3.05. The number of pyridine rings is 1.